The minimum Gasteiger partial charge on any atom is -0.480 e. The molecule has 6 heteroatoms. The standard InChI is InChI=1S/C14H18Cl2N2O2/c15-11-6-9(18-4-2-1-3-5-18)7-12(16)10(11)8-13(17)14(19)20/h6-7,13H,1-5,8,17H2,(H,19,20). The number of carboxylic acid groups (broad SMARTS) is 1. The van der Waals surface area contributed by atoms with E-state index >= 15 is 0 Å². The highest BCUT2D eigenvalue weighted by Crippen LogP contribution is 2.32. The van der Waals surface area contributed by atoms with E-state index < -0.39 is 12.0 Å². The van der Waals surface area contributed by atoms with Gasteiger partial charge in [-0.25, -0.2) is 0 Å². The molecule has 20 heavy (non-hydrogen) atoms. The van der Waals surface area contributed by atoms with Crippen LogP contribution in [0.4, 0.5) is 5.69 Å². The summed E-state index contributed by atoms with van der Waals surface area (Å²) in [5, 5.41) is 9.83. The van der Waals surface area contributed by atoms with Crippen LogP contribution in [-0.2, 0) is 11.2 Å². The van der Waals surface area contributed by atoms with Crippen molar-refractivity contribution in [1.29, 1.82) is 0 Å². The third-order valence-electron chi connectivity index (χ3n) is 3.59. The van der Waals surface area contributed by atoms with Crippen molar-refractivity contribution >= 4 is 34.9 Å². The second-order valence-electron chi connectivity index (χ2n) is 5.08. The zero-order valence-corrected chi connectivity index (χ0v) is 12.6. The van der Waals surface area contributed by atoms with Crippen LogP contribution in [0.3, 0.4) is 0 Å². The summed E-state index contributed by atoms with van der Waals surface area (Å²) in [5.74, 6) is -1.06. The van der Waals surface area contributed by atoms with Crippen LogP contribution >= 0.6 is 23.2 Å². The van der Waals surface area contributed by atoms with E-state index in [2.05, 4.69) is 4.90 Å². The first kappa shape index (κ1) is 15.4. The van der Waals surface area contributed by atoms with Crippen molar-refractivity contribution in [2.75, 3.05) is 18.0 Å². The molecule has 1 fully saturated rings. The number of rotatable bonds is 4. The van der Waals surface area contributed by atoms with Gasteiger partial charge in [0.15, 0.2) is 0 Å². The van der Waals surface area contributed by atoms with Crippen LogP contribution in [0.1, 0.15) is 24.8 Å². The van der Waals surface area contributed by atoms with Gasteiger partial charge in [-0.15, -0.1) is 0 Å². The number of aliphatic carboxylic acids is 1. The summed E-state index contributed by atoms with van der Waals surface area (Å²) in [6, 6.07) is 2.71. The lowest BCUT2D eigenvalue weighted by atomic mass is 10.0. The number of carbonyl (C=O) groups is 1. The van der Waals surface area contributed by atoms with Crippen LogP contribution in [0.25, 0.3) is 0 Å². The van der Waals surface area contributed by atoms with Gasteiger partial charge in [-0.05, 0) is 37.0 Å². The smallest absolute Gasteiger partial charge is 0.320 e. The third-order valence-corrected chi connectivity index (χ3v) is 4.26. The highest BCUT2D eigenvalue weighted by atomic mass is 35.5. The van der Waals surface area contributed by atoms with Crippen molar-refractivity contribution < 1.29 is 9.90 Å². The SMILES string of the molecule is NC(Cc1c(Cl)cc(N2CCCCC2)cc1Cl)C(=O)O. The number of anilines is 1. The maximum atomic E-state index is 10.8. The van der Waals surface area contributed by atoms with E-state index in [1.165, 1.54) is 19.3 Å². The average molecular weight is 317 g/mol. The van der Waals surface area contributed by atoms with Crippen molar-refractivity contribution in [3.8, 4) is 0 Å². The predicted molar refractivity (Wildman–Crippen MR) is 81.8 cm³/mol. The second-order valence-corrected chi connectivity index (χ2v) is 5.90. The third kappa shape index (κ3) is 3.57. The summed E-state index contributed by atoms with van der Waals surface area (Å²) >= 11 is 12.5. The predicted octanol–water partition coefficient (Wildman–Crippen LogP) is 2.94. The maximum absolute atomic E-state index is 10.8. The highest BCUT2D eigenvalue weighted by molar-refractivity contribution is 6.36. The van der Waals surface area contributed by atoms with Crippen LogP contribution in [-0.4, -0.2) is 30.2 Å². The molecule has 0 aromatic heterocycles. The van der Waals surface area contributed by atoms with E-state index in [1.807, 2.05) is 12.1 Å². The fourth-order valence-electron chi connectivity index (χ4n) is 2.43. The minimum absolute atomic E-state index is 0.132. The number of piperidine rings is 1. The number of nitrogens with zero attached hydrogens (tertiary/aromatic N) is 1. The lowest BCUT2D eigenvalue weighted by Crippen LogP contribution is -2.32. The molecule has 1 atom stereocenters. The molecular weight excluding hydrogens is 299 g/mol. The topological polar surface area (TPSA) is 66.6 Å². The molecule has 0 spiro atoms. The fraction of sp³-hybridized carbons (Fsp3) is 0.500. The molecule has 0 amide bonds. The van der Waals surface area contributed by atoms with Crippen molar-refractivity contribution in [1.82, 2.24) is 0 Å². The molecule has 110 valence electrons. The molecule has 1 aliphatic rings. The normalized spacial score (nSPS) is 17.1. The Labute approximate surface area is 128 Å². The van der Waals surface area contributed by atoms with Gasteiger partial charge >= 0.3 is 5.97 Å². The molecule has 1 heterocycles. The number of hydrogen-bond donors (Lipinski definition) is 2. The Morgan fingerprint density at radius 1 is 1.25 bits per heavy atom. The quantitative estimate of drug-likeness (QED) is 0.896. The van der Waals surface area contributed by atoms with Crippen molar-refractivity contribution in [3.05, 3.63) is 27.7 Å². The molecule has 0 aliphatic carbocycles. The summed E-state index contributed by atoms with van der Waals surface area (Å²) in [6.07, 6.45) is 3.72. The van der Waals surface area contributed by atoms with Gasteiger partial charge in [0.1, 0.15) is 6.04 Å². The number of hydrogen-bond acceptors (Lipinski definition) is 3. The Kier molecular flexibility index (Phi) is 5.13. The lowest BCUT2D eigenvalue weighted by Gasteiger charge is -2.29. The van der Waals surface area contributed by atoms with Gasteiger partial charge in [-0.1, -0.05) is 23.2 Å². The average Bonchev–Trinajstić information content (AvgIpc) is 2.43. The van der Waals surface area contributed by atoms with Gasteiger partial charge in [-0.2, -0.15) is 0 Å². The van der Waals surface area contributed by atoms with Crippen LogP contribution < -0.4 is 10.6 Å². The molecule has 1 aromatic rings. The van der Waals surface area contributed by atoms with Crippen molar-refractivity contribution in [3.63, 3.8) is 0 Å². The molecule has 0 bridgehead atoms. The second kappa shape index (κ2) is 6.66. The largest absolute Gasteiger partial charge is 0.480 e. The number of carboxylic acids is 1. The van der Waals surface area contributed by atoms with Gasteiger partial charge in [0, 0.05) is 35.2 Å². The van der Waals surface area contributed by atoms with E-state index in [9.17, 15) is 4.79 Å². The van der Waals surface area contributed by atoms with Crippen LogP contribution in [0.15, 0.2) is 12.1 Å². The summed E-state index contributed by atoms with van der Waals surface area (Å²) in [7, 11) is 0. The van der Waals surface area contributed by atoms with E-state index in [-0.39, 0.29) is 6.42 Å². The first-order valence-corrected chi connectivity index (χ1v) is 7.46. The van der Waals surface area contributed by atoms with Gasteiger partial charge in [-0.3, -0.25) is 4.79 Å². The summed E-state index contributed by atoms with van der Waals surface area (Å²) in [4.78, 5) is 13.1. The molecule has 1 aromatic carbocycles. The summed E-state index contributed by atoms with van der Waals surface area (Å²) in [6.45, 7) is 2.00. The van der Waals surface area contributed by atoms with Gasteiger partial charge in [0.2, 0.25) is 0 Å². The van der Waals surface area contributed by atoms with Crippen molar-refractivity contribution in [2.24, 2.45) is 5.73 Å². The van der Waals surface area contributed by atoms with Gasteiger partial charge < -0.3 is 15.7 Å². The molecule has 1 saturated heterocycles. The Balaban J connectivity index is 2.21. The molecule has 0 saturated carbocycles. The van der Waals surface area contributed by atoms with Crippen LogP contribution in [0, 0.1) is 0 Å². The highest BCUT2D eigenvalue weighted by Gasteiger charge is 2.19. The van der Waals surface area contributed by atoms with E-state index in [4.69, 9.17) is 34.0 Å². The Hall–Kier alpha value is -0.970. The summed E-state index contributed by atoms with van der Waals surface area (Å²) < 4.78 is 0. The molecule has 4 nitrogen and oxygen atoms in total. The van der Waals surface area contributed by atoms with E-state index in [0.29, 0.717) is 15.6 Å². The van der Waals surface area contributed by atoms with E-state index in [0.717, 1.165) is 18.8 Å². The Bertz CT molecular complexity index is 479. The van der Waals surface area contributed by atoms with Crippen LogP contribution in [0.2, 0.25) is 10.0 Å². The monoisotopic (exact) mass is 316 g/mol. The molecule has 2 rings (SSSR count). The number of halogens is 2. The molecule has 1 unspecified atom stereocenters. The molecular formula is C14H18Cl2N2O2. The first-order valence-electron chi connectivity index (χ1n) is 6.70. The molecule has 0 radical (unpaired) electrons. The molecule has 3 N–H and O–H groups in total. The first-order chi connectivity index (χ1) is 9.49. The van der Waals surface area contributed by atoms with E-state index in [1.54, 1.807) is 0 Å². The van der Waals surface area contributed by atoms with Gasteiger partial charge in [0.25, 0.3) is 0 Å². The van der Waals surface area contributed by atoms with Crippen molar-refractivity contribution in [2.45, 2.75) is 31.7 Å². The van der Waals surface area contributed by atoms with Crippen LogP contribution in [0.5, 0.6) is 0 Å². The Morgan fingerprint density at radius 2 is 1.80 bits per heavy atom. The summed E-state index contributed by atoms with van der Waals surface area (Å²) in [5.41, 5.74) is 7.13. The maximum Gasteiger partial charge on any atom is 0.320 e. The zero-order valence-electron chi connectivity index (χ0n) is 11.1. The lowest BCUT2D eigenvalue weighted by molar-refractivity contribution is -0.138. The van der Waals surface area contributed by atoms with Gasteiger partial charge in [0.05, 0.1) is 0 Å². The fourth-order valence-corrected chi connectivity index (χ4v) is 3.06. The zero-order chi connectivity index (χ0) is 14.7. The Morgan fingerprint density at radius 3 is 2.30 bits per heavy atom. The minimum atomic E-state index is -1.06. The number of benzene rings is 1. The number of nitrogens with two attached hydrogens (primary N) is 1. The molecule has 1 aliphatic heterocycles.